The van der Waals surface area contributed by atoms with Crippen molar-refractivity contribution in [1.29, 1.82) is 0 Å². The van der Waals surface area contributed by atoms with E-state index in [0.29, 0.717) is 0 Å². The first kappa shape index (κ1) is 18.2. The lowest BCUT2D eigenvalue weighted by molar-refractivity contribution is -0.189. The van der Waals surface area contributed by atoms with Crippen LogP contribution < -0.4 is 0 Å². The Labute approximate surface area is 163 Å². The highest BCUT2D eigenvalue weighted by Gasteiger charge is 2.58. The molecule has 7 nitrogen and oxygen atoms in total. The first-order valence-corrected chi connectivity index (χ1v) is 10.5. The molecule has 0 spiro atoms. The van der Waals surface area contributed by atoms with Crippen LogP contribution in [-0.2, 0) is 33.2 Å². The van der Waals surface area contributed by atoms with Crippen LogP contribution in [0.3, 0.4) is 0 Å². The predicted octanol–water partition coefficient (Wildman–Crippen LogP) is 2.31. The fourth-order valence-corrected chi connectivity index (χ4v) is 4.85. The van der Waals surface area contributed by atoms with E-state index in [4.69, 9.17) is 23.1 Å². The highest BCUT2D eigenvalue weighted by molar-refractivity contribution is 7.86. The monoisotopic (exact) mass is 404 g/mol. The van der Waals surface area contributed by atoms with Crippen LogP contribution in [0.2, 0.25) is 0 Å². The molecule has 3 aliphatic rings. The zero-order valence-corrected chi connectivity index (χ0v) is 15.9. The smallest absolute Gasteiger partial charge is 0.297 e. The molecule has 5 rings (SSSR count). The van der Waals surface area contributed by atoms with Gasteiger partial charge >= 0.3 is 0 Å². The van der Waals surface area contributed by atoms with Crippen molar-refractivity contribution in [2.75, 3.05) is 6.61 Å². The Morgan fingerprint density at radius 1 is 0.929 bits per heavy atom. The standard InChI is InChI=1S/C20H20O7S/c1-12-7-9-14(10-8-12)28(21,22)27-16-15-11-23-20(24-15)18-17(16)25-19(26-18)13-5-3-2-4-6-13/h2-10,15-20H,11H2,1H3. The molecule has 0 amide bonds. The van der Waals surface area contributed by atoms with Gasteiger partial charge in [-0.05, 0) is 19.1 Å². The molecule has 148 valence electrons. The summed E-state index contributed by atoms with van der Waals surface area (Å²) in [6.45, 7) is 2.12. The van der Waals surface area contributed by atoms with Crippen LogP contribution in [-0.4, -0.2) is 45.7 Å². The average Bonchev–Trinajstić information content (AvgIpc) is 3.33. The van der Waals surface area contributed by atoms with Gasteiger partial charge in [-0.3, -0.25) is 4.18 Å². The second kappa shape index (κ2) is 6.91. The van der Waals surface area contributed by atoms with E-state index in [1.807, 2.05) is 37.3 Å². The Hall–Kier alpha value is -1.81. The van der Waals surface area contributed by atoms with Crippen molar-refractivity contribution in [3.63, 3.8) is 0 Å². The normalized spacial score (nSPS) is 34.3. The molecule has 2 aromatic rings. The van der Waals surface area contributed by atoms with Gasteiger partial charge in [0, 0.05) is 5.56 Å². The van der Waals surface area contributed by atoms with Crippen LogP contribution in [0.4, 0.5) is 0 Å². The maximum absolute atomic E-state index is 12.8. The Kier molecular flexibility index (Phi) is 4.50. The third-order valence-electron chi connectivity index (χ3n) is 5.20. The van der Waals surface area contributed by atoms with Crippen molar-refractivity contribution in [1.82, 2.24) is 0 Å². The fourth-order valence-electron chi connectivity index (χ4n) is 3.74. The molecule has 3 heterocycles. The zero-order chi connectivity index (χ0) is 19.3. The molecule has 28 heavy (non-hydrogen) atoms. The number of hydrogen-bond acceptors (Lipinski definition) is 7. The van der Waals surface area contributed by atoms with Crippen molar-refractivity contribution in [3.8, 4) is 0 Å². The van der Waals surface area contributed by atoms with Crippen LogP contribution in [0.5, 0.6) is 0 Å². The Bertz CT molecular complexity index is 944. The van der Waals surface area contributed by atoms with E-state index < -0.39 is 47.1 Å². The molecule has 3 saturated heterocycles. The lowest BCUT2D eigenvalue weighted by atomic mass is 10.0. The molecule has 2 aromatic carbocycles. The number of ether oxygens (including phenoxy) is 4. The summed E-state index contributed by atoms with van der Waals surface area (Å²) in [5, 5.41) is 0. The number of aryl methyl sites for hydroxylation is 1. The summed E-state index contributed by atoms with van der Waals surface area (Å²) in [6, 6.07) is 16.0. The van der Waals surface area contributed by atoms with Gasteiger partial charge < -0.3 is 18.9 Å². The predicted molar refractivity (Wildman–Crippen MR) is 96.8 cm³/mol. The minimum absolute atomic E-state index is 0.0919. The summed E-state index contributed by atoms with van der Waals surface area (Å²) in [5.74, 6) is 0. The summed E-state index contributed by atoms with van der Waals surface area (Å²) in [4.78, 5) is 0.0919. The summed E-state index contributed by atoms with van der Waals surface area (Å²) < 4.78 is 54.7. The first-order valence-electron chi connectivity index (χ1n) is 9.14. The topological polar surface area (TPSA) is 80.3 Å². The van der Waals surface area contributed by atoms with E-state index in [9.17, 15) is 8.42 Å². The summed E-state index contributed by atoms with van der Waals surface area (Å²) >= 11 is 0. The zero-order valence-electron chi connectivity index (χ0n) is 15.1. The molecule has 8 heteroatoms. The second-order valence-corrected chi connectivity index (χ2v) is 8.72. The first-order chi connectivity index (χ1) is 13.5. The lowest BCUT2D eigenvalue weighted by Gasteiger charge is -2.34. The molecule has 0 aromatic heterocycles. The van der Waals surface area contributed by atoms with Gasteiger partial charge in [-0.1, -0.05) is 48.0 Å². The Morgan fingerprint density at radius 3 is 2.39 bits per heavy atom. The van der Waals surface area contributed by atoms with E-state index >= 15 is 0 Å². The van der Waals surface area contributed by atoms with Gasteiger partial charge in [0.05, 0.1) is 11.5 Å². The summed E-state index contributed by atoms with van der Waals surface area (Å²) in [6.07, 6.45) is -3.80. The van der Waals surface area contributed by atoms with E-state index in [1.165, 1.54) is 12.1 Å². The quantitative estimate of drug-likeness (QED) is 0.724. The minimum Gasteiger partial charge on any atom is -0.347 e. The largest absolute Gasteiger partial charge is 0.347 e. The second-order valence-electron chi connectivity index (χ2n) is 7.15. The number of fused-ring (bicyclic) bond motifs is 4. The van der Waals surface area contributed by atoms with Crippen LogP contribution in [0.15, 0.2) is 59.5 Å². The van der Waals surface area contributed by atoms with Gasteiger partial charge in [-0.15, -0.1) is 0 Å². The number of hydrogen-bond donors (Lipinski definition) is 0. The van der Waals surface area contributed by atoms with Crippen LogP contribution >= 0.6 is 0 Å². The molecule has 0 radical (unpaired) electrons. The SMILES string of the molecule is Cc1ccc(S(=O)(=O)OC2C3COC(O3)C3OC(c4ccccc4)OC23)cc1. The summed E-state index contributed by atoms with van der Waals surface area (Å²) in [5.41, 5.74) is 1.80. The highest BCUT2D eigenvalue weighted by Crippen LogP contribution is 2.43. The molecule has 6 unspecified atom stereocenters. The molecular formula is C20H20O7S. The van der Waals surface area contributed by atoms with Gasteiger partial charge in [0.25, 0.3) is 10.1 Å². The Morgan fingerprint density at radius 2 is 1.64 bits per heavy atom. The van der Waals surface area contributed by atoms with Crippen molar-refractivity contribution in [2.24, 2.45) is 0 Å². The third-order valence-corrected chi connectivity index (χ3v) is 6.52. The molecule has 2 bridgehead atoms. The van der Waals surface area contributed by atoms with Crippen molar-refractivity contribution < 1.29 is 31.5 Å². The van der Waals surface area contributed by atoms with Gasteiger partial charge in [-0.25, -0.2) is 0 Å². The van der Waals surface area contributed by atoms with Crippen molar-refractivity contribution in [3.05, 3.63) is 65.7 Å². The van der Waals surface area contributed by atoms with Crippen LogP contribution in [0.1, 0.15) is 17.4 Å². The third kappa shape index (κ3) is 3.16. The van der Waals surface area contributed by atoms with Crippen LogP contribution in [0.25, 0.3) is 0 Å². The van der Waals surface area contributed by atoms with Crippen molar-refractivity contribution in [2.45, 2.75) is 48.8 Å². The fraction of sp³-hybridized carbons (Fsp3) is 0.400. The number of rotatable bonds is 4. The van der Waals surface area contributed by atoms with Gasteiger partial charge in [0.15, 0.2) is 12.6 Å². The summed E-state index contributed by atoms with van der Waals surface area (Å²) in [7, 11) is -3.99. The molecule has 6 atom stereocenters. The van der Waals surface area contributed by atoms with Gasteiger partial charge in [-0.2, -0.15) is 8.42 Å². The maximum Gasteiger partial charge on any atom is 0.297 e. The van der Waals surface area contributed by atoms with Gasteiger partial charge in [0.1, 0.15) is 24.4 Å². The molecular weight excluding hydrogens is 384 g/mol. The highest BCUT2D eigenvalue weighted by atomic mass is 32.2. The molecule has 3 aliphatic heterocycles. The molecule has 0 N–H and O–H groups in total. The van der Waals surface area contributed by atoms with E-state index in [0.717, 1.165) is 11.1 Å². The van der Waals surface area contributed by atoms with E-state index in [1.54, 1.807) is 12.1 Å². The van der Waals surface area contributed by atoms with E-state index in [-0.39, 0.29) is 11.5 Å². The van der Waals surface area contributed by atoms with Crippen LogP contribution in [0, 0.1) is 6.92 Å². The number of benzene rings is 2. The Balaban J connectivity index is 1.41. The molecule has 3 fully saturated rings. The van der Waals surface area contributed by atoms with Crippen molar-refractivity contribution >= 4 is 10.1 Å². The van der Waals surface area contributed by atoms with Gasteiger partial charge in [0.2, 0.25) is 0 Å². The molecule has 0 aliphatic carbocycles. The lowest BCUT2D eigenvalue weighted by Crippen LogP contribution is -2.54. The molecule has 0 saturated carbocycles. The van der Waals surface area contributed by atoms with E-state index in [2.05, 4.69) is 0 Å². The minimum atomic E-state index is -3.99. The average molecular weight is 404 g/mol. The maximum atomic E-state index is 12.8.